The summed E-state index contributed by atoms with van der Waals surface area (Å²) in [6.07, 6.45) is 7.40. The summed E-state index contributed by atoms with van der Waals surface area (Å²) in [5.41, 5.74) is 0. The third-order valence-electron chi connectivity index (χ3n) is 4.01. The van der Waals surface area contributed by atoms with Gasteiger partial charge in [-0.1, -0.05) is 19.8 Å². The number of nitrogens with zero attached hydrogens (tertiary/aromatic N) is 1. The number of piperidine rings is 1. The smallest absolute Gasteiger partial charge is 0.00190 e. The molecule has 13 heavy (non-hydrogen) atoms. The SMILES string of the molecule is CCC[C@@H]1C[C@@H]1C1CCN(C)CC1. The lowest BCUT2D eigenvalue weighted by atomic mass is 9.90. The molecule has 0 bridgehead atoms. The first-order valence-electron chi connectivity index (χ1n) is 5.99. The second-order valence-electron chi connectivity index (χ2n) is 5.09. The quantitative estimate of drug-likeness (QED) is 0.647. The summed E-state index contributed by atoms with van der Waals surface area (Å²) in [5.74, 6) is 3.35. The first kappa shape index (κ1) is 9.51. The summed E-state index contributed by atoms with van der Waals surface area (Å²) >= 11 is 0. The van der Waals surface area contributed by atoms with E-state index in [9.17, 15) is 0 Å². The van der Waals surface area contributed by atoms with E-state index in [1.54, 1.807) is 6.42 Å². The van der Waals surface area contributed by atoms with E-state index < -0.39 is 0 Å². The molecule has 2 atom stereocenters. The summed E-state index contributed by atoms with van der Waals surface area (Å²) in [5, 5.41) is 0. The maximum absolute atomic E-state index is 2.48. The second kappa shape index (κ2) is 4.00. The Balaban J connectivity index is 1.71. The largest absolute Gasteiger partial charge is 0.306 e. The summed E-state index contributed by atoms with van der Waals surface area (Å²) in [4.78, 5) is 2.48. The third kappa shape index (κ3) is 2.25. The van der Waals surface area contributed by atoms with Crippen molar-refractivity contribution in [3.8, 4) is 0 Å². The van der Waals surface area contributed by atoms with Crippen LogP contribution in [0.25, 0.3) is 0 Å². The molecular weight excluding hydrogens is 158 g/mol. The van der Waals surface area contributed by atoms with Crippen molar-refractivity contribution in [3.63, 3.8) is 0 Å². The van der Waals surface area contributed by atoms with E-state index in [-0.39, 0.29) is 0 Å². The molecule has 0 aromatic heterocycles. The van der Waals surface area contributed by atoms with Crippen LogP contribution in [-0.4, -0.2) is 25.0 Å². The Morgan fingerprint density at radius 1 is 1.23 bits per heavy atom. The van der Waals surface area contributed by atoms with Gasteiger partial charge in [-0.25, -0.2) is 0 Å². The van der Waals surface area contributed by atoms with E-state index >= 15 is 0 Å². The number of hydrogen-bond acceptors (Lipinski definition) is 1. The second-order valence-corrected chi connectivity index (χ2v) is 5.09. The van der Waals surface area contributed by atoms with Crippen LogP contribution >= 0.6 is 0 Å². The average Bonchev–Trinajstić information content (AvgIpc) is 2.86. The predicted octanol–water partition coefficient (Wildman–Crippen LogP) is 2.76. The standard InChI is InChI=1S/C12H23N/c1-3-4-11-9-12(11)10-5-7-13(2)8-6-10/h10-12H,3-9H2,1-2H3/t11-,12-/m1/s1. The molecule has 1 aliphatic carbocycles. The Kier molecular flexibility index (Phi) is 2.92. The summed E-state index contributed by atoms with van der Waals surface area (Å²) in [6.45, 7) is 5.02. The van der Waals surface area contributed by atoms with E-state index in [1.165, 1.54) is 38.8 Å². The van der Waals surface area contributed by atoms with Crippen LogP contribution < -0.4 is 0 Å². The highest BCUT2D eigenvalue weighted by atomic mass is 15.1. The Morgan fingerprint density at radius 2 is 1.92 bits per heavy atom. The molecule has 0 radical (unpaired) electrons. The molecule has 2 fully saturated rings. The van der Waals surface area contributed by atoms with Crippen molar-refractivity contribution in [2.45, 2.75) is 39.0 Å². The van der Waals surface area contributed by atoms with Crippen molar-refractivity contribution in [2.24, 2.45) is 17.8 Å². The predicted molar refractivity (Wildman–Crippen MR) is 56.7 cm³/mol. The minimum atomic E-state index is 1.09. The van der Waals surface area contributed by atoms with Gasteiger partial charge in [-0.3, -0.25) is 0 Å². The van der Waals surface area contributed by atoms with Gasteiger partial charge in [-0.2, -0.15) is 0 Å². The number of likely N-dealkylation sites (tertiary alicyclic amines) is 1. The Bertz CT molecular complexity index is 159. The van der Waals surface area contributed by atoms with Gasteiger partial charge >= 0.3 is 0 Å². The van der Waals surface area contributed by atoms with Crippen molar-refractivity contribution in [1.29, 1.82) is 0 Å². The zero-order valence-electron chi connectivity index (χ0n) is 9.13. The van der Waals surface area contributed by atoms with Crippen LogP contribution in [0, 0.1) is 17.8 Å². The van der Waals surface area contributed by atoms with Gasteiger partial charge in [0.2, 0.25) is 0 Å². The Morgan fingerprint density at radius 3 is 2.54 bits per heavy atom. The number of hydrogen-bond donors (Lipinski definition) is 0. The molecule has 1 heterocycles. The first-order valence-corrected chi connectivity index (χ1v) is 5.99. The molecule has 2 aliphatic rings. The van der Waals surface area contributed by atoms with Gasteiger partial charge in [0, 0.05) is 0 Å². The average molecular weight is 181 g/mol. The topological polar surface area (TPSA) is 3.24 Å². The van der Waals surface area contributed by atoms with E-state index in [1.807, 2.05) is 0 Å². The molecule has 1 nitrogen and oxygen atoms in total. The summed E-state index contributed by atoms with van der Waals surface area (Å²) < 4.78 is 0. The zero-order valence-corrected chi connectivity index (χ0v) is 9.13. The molecule has 2 rings (SSSR count). The van der Waals surface area contributed by atoms with E-state index in [4.69, 9.17) is 0 Å². The summed E-state index contributed by atoms with van der Waals surface area (Å²) in [7, 11) is 2.26. The van der Waals surface area contributed by atoms with Gasteiger partial charge < -0.3 is 4.90 Å². The van der Waals surface area contributed by atoms with Crippen molar-refractivity contribution < 1.29 is 0 Å². The molecule has 0 aromatic carbocycles. The minimum Gasteiger partial charge on any atom is -0.306 e. The fourth-order valence-electron chi connectivity index (χ4n) is 3.01. The van der Waals surface area contributed by atoms with Gasteiger partial charge in [-0.05, 0) is 57.2 Å². The fourth-order valence-corrected chi connectivity index (χ4v) is 3.01. The van der Waals surface area contributed by atoms with Crippen molar-refractivity contribution in [2.75, 3.05) is 20.1 Å². The molecule has 76 valence electrons. The fraction of sp³-hybridized carbons (Fsp3) is 1.00. The normalized spacial score (nSPS) is 36.5. The van der Waals surface area contributed by atoms with Crippen LogP contribution in [0.5, 0.6) is 0 Å². The molecule has 1 saturated heterocycles. The van der Waals surface area contributed by atoms with E-state index in [0.29, 0.717) is 0 Å². The van der Waals surface area contributed by atoms with Crippen LogP contribution in [0.4, 0.5) is 0 Å². The van der Waals surface area contributed by atoms with E-state index in [0.717, 1.165) is 17.8 Å². The third-order valence-corrected chi connectivity index (χ3v) is 4.01. The lowest BCUT2D eigenvalue weighted by Gasteiger charge is -2.29. The van der Waals surface area contributed by atoms with Crippen molar-refractivity contribution in [3.05, 3.63) is 0 Å². The molecule has 1 saturated carbocycles. The van der Waals surface area contributed by atoms with Gasteiger partial charge in [0.05, 0.1) is 0 Å². The monoisotopic (exact) mass is 181 g/mol. The molecular formula is C12H23N. The van der Waals surface area contributed by atoms with E-state index in [2.05, 4.69) is 18.9 Å². The van der Waals surface area contributed by atoms with Gasteiger partial charge in [0.25, 0.3) is 0 Å². The van der Waals surface area contributed by atoms with Crippen LogP contribution in [0.1, 0.15) is 39.0 Å². The van der Waals surface area contributed by atoms with Crippen LogP contribution in [0.3, 0.4) is 0 Å². The Labute approximate surface area is 82.5 Å². The highest BCUT2D eigenvalue weighted by Crippen LogP contribution is 2.50. The van der Waals surface area contributed by atoms with Gasteiger partial charge in [-0.15, -0.1) is 0 Å². The highest BCUT2D eigenvalue weighted by molar-refractivity contribution is 4.92. The van der Waals surface area contributed by atoms with Crippen LogP contribution in [-0.2, 0) is 0 Å². The summed E-state index contributed by atoms with van der Waals surface area (Å²) in [6, 6.07) is 0. The zero-order chi connectivity index (χ0) is 9.26. The molecule has 0 aromatic rings. The van der Waals surface area contributed by atoms with Crippen molar-refractivity contribution in [1.82, 2.24) is 4.90 Å². The molecule has 1 aliphatic heterocycles. The highest BCUT2D eigenvalue weighted by Gasteiger charge is 2.42. The molecule has 0 unspecified atom stereocenters. The van der Waals surface area contributed by atoms with Crippen molar-refractivity contribution >= 4 is 0 Å². The molecule has 0 amide bonds. The molecule has 1 heteroatoms. The van der Waals surface area contributed by atoms with Crippen LogP contribution in [0.15, 0.2) is 0 Å². The molecule has 0 N–H and O–H groups in total. The minimum absolute atomic E-state index is 1.09. The van der Waals surface area contributed by atoms with Crippen LogP contribution in [0.2, 0.25) is 0 Å². The maximum atomic E-state index is 2.48. The first-order chi connectivity index (χ1) is 6.31. The Hall–Kier alpha value is -0.0400. The van der Waals surface area contributed by atoms with Gasteiger partial charge in [0.15, 0.2) is 0 Å². The maximum Gasteiger partial charge on any atom is -0.00190 e. The number of rotatable bonds is 3. The van der Waals surface area contributed by atoms with Gasteiger partial charge in [0.1, 0.15) is 0 Å². The molecule has 0 spiro atoms. The lowest BCUT2D eigenvalue weighted by molar-refractivity contribution is 0.198. The lowest BCUT2D eigenvalue weighted by Crippen LogP contribution is -2.31.